The average Bonchev–Trinajstić information content (AvgIpc) is 2.97. The second kappa shape index (κ2) is 6.17. The first-order valence-electron chi connectivity index (χ1n) is 9.19. The summed E-state index contributed by atoms with van der Waals surface area (Å²) in [7, 11) is 0. The van der Waals surface area contributed by atoms with Crippen LogP contribution in [0.15, 0.2) is 36.4 Å². The quantitative estimate of drug-likeness (QED) is 0.692. The van der Waals surface area contributed by atoms with E-state index in [0.717, 1.165) is 35.7 Å². The molecule has 1 fully saturated rings. The predicted octanol–water partition coefficient (Wildman–Crippen LogP) is 4.50. The Morgan fingerprint density at radius 1 is 0.960 bits per heavy atom. The van der Waals surface area contributed by atoms with Crippen molar-refractivity contribution in [1.29, 1.82) is 0 Å². The van der Waals surface area contributed by atoms with E-state index >= 15 is 0 Å². The van der Waals surface area contributed by atoms with E-state index in [1.165, 1.54) is 17.8 Å². The number of fused-ring (bicyclic) bond motifs is 1. The maximum Gasteiger partial charge on any atom is 0.158 e. The van der Waals surface area contributed by atoms with Crippen molar-refractivity contribution in [3.8, 4) is 11.3 Å². The number of hydrogen-bond donors (Lipinski definition) is 0. The van der Waals surface area contributed by atoms with Crippen LogP contribution in [0.5, 0.6) is 0 Å². The number of rotatable bonds is 2. The lowest BCUT2D eigenvalue weighted by atomic mass is 9.92. The summed E-state index contributed by atoms with van der Waals surface area (Å²) in [6.45, 7) is 11.0. The van der Waals surface area contributed by atoms with Crippen LogP contribution in [0.1, 0.15) is 31.5 Å². The first kappa shape index (κ1) is 16.1. The van der Waals surface area contributed by atoms with Crippen molar-refractivity contribution in [3.05, 3.63) is 47.7 Å². The van der Waals surface area contributed by atoms with E-state index in [0.29, 0.717) is 11.8 Å². The molecule has 0 unspecified atom stereocenters. The first-order chi connectivity index (χ1) is 12.0. The summed E-state index contributed by atoms with van der Waals surface area (Å²) in [6, 6.07) is 12.8. The van der Waals surface area contributed by atoms with Gasteiger partial charge >= 0.3 is 0 Å². The van der Waals surface area contributed by atoms with Crippen LogP contribution in [0.4, 0.5) is 5.82 Å². The van der Waals surface area contributed by atoms with Crippen molar-refractivity contribution < 1.29 is 0 Å². The molecule has 0 radical (unpaired) electrons. The van der Waals surface area contributed by atoms with Crippen LogP contribution in [0.25, 0.3) is 16.9 Å². The van der Waals surface area contributed by atoms with E-state index in [2.05, 4.69) is 69.0 Å². The molecule has 25 heavy (non-hydrogen) atoms. The third kappa shape index (κ3) is 3.13. The van der Waals surface area contributed by atoms with Crippen molar-refractivity contribution in [3.63, 3.8) is 0 Å². The molecule has 3 aromatic rings. The Balaban J connectivity index is 1.80. The second-order valence-corrected chi connectivity index (χ2v) is 7.77. The molecule has 1 aliphatic heterocycles. The zero-order valence-corrected chi connectivity index (χ0v) is 15.5. The summed E-state index contributed by atoms with van der Waals surface area (Å²) >= 11 is 0. The Bertz CT molecular complexity index is 884. The van der Waals surface area contributed by atoms with E-state index in [1.807, 2.05) is 4.52 Å². The third-order valence-electron chi connectivity index (χ3n) is 5.08. The summed E-state index contributed by atoms with van der Waals surface area (Å²) in [5.74, 6) is 2.58. The van der Waals surface area contributed by atoms with Gasteiger partial charge in [0.1, 0.15) is 5.82 Å². The van der Waals surface area contributed by atoms with Crippen LogP contribution in [-0.2, 0) is 0 Å². The molecule has 4 heteroatoms. The maximum absolute atomic E-state index is 4.89. The van der Waals surface area contributed by atoms with Gasteiger partial charge in [0.25, 0.3) is 0 Å². The fraction of sp³-hybridized carbons (Fsp3) is 0.429. The first-order valence-corrected chi connectivity index (χ1v) is 9.19. The van der Waals surface area contributed by atoms with Gasteiger partial charge in [-0.25, -0.2) is 4.98 Å². The van der Waals surface area contributed by atoms with E-state index in [1.54, 1.807) is 0 Å². The van der Waals surface area contributed by atoms with Crippen LogP contribution in [0.2, 0.25) is 0 Å². The molecule has 0 saturated carbocycles. The number of aromatic nitrogens is 3. The highest BCUT2D eigenvalue weighted by atomic mass is 15.4. The number of anilines is 1. The van der Waals surface area contributed by atoms with Crippen molar-refractivity contribution in [2.45, 2.75) is 34.1 Å². The normalized spacial score (nSPS) is 21.0. The highest BCUT2D eigenvalue weighted by molar-refractivity contribution is 5.66. The lowest BCUT2D eigenvalue weighted by Crippen LogP contribution is -2.39. The Hall–Kier alpha value is -2.36. The number of aryl methyl sites for hydroxylation is 2. The van der Waals surface area contributed by atoms with Gasteiger partial charge in [0, 0.05) is 36.5 Å². The van der Waals surface area contributed by atoms with E-state index < -0.39 is 0 Å². The van der Waals surface area contributed by atoms with Crippen molar-refractivity contribution in [2.75, 3.05) is 18.0 Å². The predicted molar refractivity (Wildman–Crippen MR) is 103 cm³/mol. The molecule has 2 atom stereocenters. The second-order valence-electron chi connectivity index (χ2n) is 7.77. The highest BCUT2D eigenvalue weighted by Gasteiger charge is 2.24. The van der Waals surface area contributed by atoms with Gasteiger partial charge in [0.2, 0.25) is 0 Å². The lowest BCUT2D eigenvalue weighted by Gasteiger charge is -2.36. The van der Waals surface area contributed by atoms with Crippen LogP contribution in [0.3, 0.4) is 0 Å². The van der Waals surface area contributed by atoms with Gasteiger partial charge in [0.05, 0.1) is 5.69 Å². The van der Waals surface area contributed by atoms with Gasteiger partial charge in [-0.3, -0.25) is 0 Å². The summed E-state index contributed by atoms with van der Waals surface area (Å²) in [5.41, 5.74) is 5.36. The standard InChI is InChI=1S/C21H26N4/c1-14-5-7-18(8-6-14)19-11-20-22-17(4)10-21(25(20)23-19)24-12-15(2)9-16(3)13-24/h5-8,10-11,15-16H,9,12-13H2,1-4H3/t15-,16-/m1/s1. The lowest BCUT2D eigenvalue weighted by molar-refractivity contribution is 0.354. The summed E-state index contributed by atoms with van der Waals surface area (Å²) in [5, 5.41) is 4.89. The molecule has 0 aliphatic carbocycles. The molecule has 2 aromatic heterocycles. The van der Waals surface area contributed by atoms with Crippen LogP contribution >= 0.6 is 0 Å². The van der Waals surface area contributed by atoms with Crippen LogP contribution in [0, 0.1) is 25.7 Å². The number of nitrogens with zero attached hydrogens (tertiary/aromatic N) is 4. The summed E-state index contributed by atoms with van der Waals surface area (Å²) in [4.78, 5) is 7.19. The Morgan fingerprint density at radius 3 is 2.32 bits per heavy atom. The molecule has 1 aromatic carbocycles. The molecule has 0 amide bonds. The minimum absolute atomic E-state index is 0.708. The summed E-state index contributed by atoms with van der Waals surface area (Å²) < 4.78 is 2.02. The Labute approximate surface area is 149 Å². The topological polar surface area (TPSA) is 33.4 Å². The molecule has 0 N–H and O–H groups in total. The molecule has 1 aliphatic rings. The van der Waals surface area contributed by atoms with Crippen molar-refractivity contribution in [1.82, 2.24) is 14.6 Å². The zero-order chi connectivity index (χ0) is 17.6. The minimum atomic E-state index is 0.708. The Morgan fingerprint density at radius 2 is 1.64 bits per heavy atom. The summed E-state index contributed by atoms with van der Waals surface area (Å²) in [6.07, 6.45) is 1.30. The molecule has 0 bridgehead atoms. The van der Waals surface area contributed by atoms with Crippen molar-refractivity contribution >= 4 is 11.5 Å². The monoisotopic (exact) mass is 334 g/mol. The van der Waals surface area contributed by atoms with Gasteiger partial charge in [-0.1, -0.05) is 43.7 Å². The fourth-order valence-corrected chi connectivity index (χ4v) is 4.02. The SMILES string of the molecule is Cc1ccc(-c2cc3nc(C)cc(N4C[C@H](C)C[C@@H](C)C4)n3n2)cc1. The van der Waals surface area contributed by atoms with Gasteiger partial charge in [-0.15, -0.1) is 0 Å². The van der Waals surface area contributed by atoms with Gasteiger partial charge in [-0.2, -0.15) is 9.61 Å². The molecule has 3 heterocycles. The zero-order valence-electron chi connectivity index (χ0n) is 15.5. The largest absolute Gasteiger partial charge is 0.356 e. The van der Waals surface area contributed by atoms with Gasteiger partial charge < -0.3 is 4.90 Å². The number of hydrogen-bond acceptors (Lipinski definition) is 3. The maximum atomic E-state index is 4.89. The number of piperidine rings is 1. The average molecular weight is 334 g/mol. The van der Waals surface area contributed by atoms with E-state index in [4.69, 9.17) is 10.1 Å². The van der Waals surface area contributed by atoms with Crippen molar-refractivity contribution in [2.24, 2.45) is 11.8 Å². The molecule has 130 valence electrons. The van der Waals surface area contributed by atoms with Crippen LogP contribution in [-0.4, -0.2) is 27.7 Å². The molecular formula is C21H26N4. The van der Waals surface area contributed by atoms with E-state index in [9.17, 15) is 0 Å². The molecule has 4 nitrogen and oxygen atoms in total. The smallest absolute Gasteiger partial charge is 0.158 e. The van der Waals surface area contributed by atoms with Crippen LogP contribution < -0.4 is 4.90 Å². The molecule has 4 rings (SSSR count). The highest BCUT2D eigenvalue weighted by Crippen LogP contribution is 2.28. The number of benzene rings is 1. The molecule has 1 saturated heterocycles. The minimum Gasteiger partial charge on any atom is -0.356 e. The van der Waals surface area contributed by atoms with Gasteiger partial charge in [0.15, 0.2) is 5.65 Å². The van der Waals surface area contributed by atoms with Gasteiger partial charge in [-0.05, 0) is 32.1 Å². The fourth-order valence-electron chi connectivity index (χ4n) is 4.02. The molecular weight excluding hydrogens is 308 g/mol. The Kier molecular flexibility index (Phi) is 3.98. The molecule has 0 spiro atoms. The van der Waals surface area contributed by atoms with E-state index in [-0.39, 0.29) is 0 Å². The third-order valence-corrected chi connectivity index (χ3v) is 5.08.